The summed E-state index contributed by atoms with van der Waals surface area (Å²) >= 11 is 0.892. The Morgan fingerprint density at radius 3 is 2.36 bits per heavy atom. The first-order chi connectivity index (χ1) is 10.8. The molecule has 0 aliphatic rings. The van der Waals surface area contributed by atoms with Crippen molar-refractivity contribution in [2.75, 3.05) is 19.8 Å². The fourth-order valence-corrected chi connectivity index (χ4v) is 3.56. The van der Waals surface area contributed by atoms with Crippen molar-refractivity contribution in [2.24, 2.45) is 4.99 Å². The summed E-state index contributed by atoms with van der Waals surface area (Å²) in [5.41, 5.74) is -1.69. The Hall–Kier alpha value is -0.670. The molecule has 0 fully saturated rings. The minimum absolute atomic E-state index is 0. The zero-order valence-corrected chi connectivity index (χ0v) is 18.0. The lowest BCUT2D eigenvalue weighted by Crippen LogP contribution is -2.52. The Kier molecular flexibility index (Phi) is 9.07. The van der Waals surface area contributed by atoms with Crippen LogP contribution in [0, 0.1) is 0 Å². The van der Waals surface area contributed by atoms with Gasteiger partial charge in [0.2, 0.25) is 10.0 Å². The zero-order valence-electron chi connectivity index (χ0n) is 14.1. The topological polar surface area (TPSA) is 95.5 Å². The minimum atomic E-state index is -4.46. The number of sulfonamides is 1. The van der Waals surface area contributed by atoms with E-state index in [4.69, 9.17) is 0 Å². The number of nitrogens with one attached hydrogen (secondary N) is 3. The van der Waals surface area contributed by atoms with Gasteiger partial charge in [0.05, 0.1) is 12.8 Å². The Morgan fingerprint density at radius 2 is 1.92 bits per heavy atom. The van der Waals surface area contributed by atoms with E-state index in [1.807, 2.05) is 0 Å². The number of thiazole rings is 1. The summed E-state index contributed by atoms with van der Waals surface area (Å²) in [7, 11) is -1.87. The van der Waals surface area contributed by atoms with Crippen molar-refractivity contribution in [2.45, 2.75) is 32.1 Å². The Balaban J connectivity index is 0.00000576. The van der Waals surface area contributed by atoms with Gasteiger partial charge in [-0.15, -0.1) is 35.3 Å². The lowest BCUT2D eigenvalue weighted by Gasteiger charge is -2.26. The molecule has 0 amide bonds. The highest BCUT2D eigenvalue weighted by Crippen LogP contribution is 2.29. The molecule has 0 radical (unpaired) electrons. The highest BCUT2D eigenvalue weighted by atomic mass is 127. The van der Waals surface area contributed by atoms with Crippen molar-refractivity contribution in [3.63, 3.8) is 0 Å². The van der Waals surface area contributed by atoms with E-state index >= 15 is 0 Å². The van der Waals surface area contributed by atoms with E-state index in [-0.39, 0.29) is 42.1 Å². The number of hydrogen-bond acceptors (Lipinski definition) is 5. The van der Waals surface area contributed by atoms with Crippen LogP contribution in [0.25, 0.3) is 0 Å². The molecule has 0 unspecified atom stereocenters. The van der Waals surface area contributed by atoms with Crippen LogP contribution in [0.15, 0.2) is 10.4 Å². The summed E-state index contributed by atoms with van der Waals surface area (Å²) in [5, 5.41) is 6.95. The molecule has 0 saturated carbocycles. The van der Waals surface area contributed by atoms with Crippen LogP contribution in [0.3, 0.4) is 0 Å². The van der Waals surface area contributed by atoms with E-state index in [1.165, 1.54) is 7.05 Å². The summed E-state index contributed by atoms with van der Waals surface area (Å²) in [6.07, 6.45) is -3.40. The third-order valence-electron chi connectivity index (χ3n) is 2.63. The minimum Gasteiger partial charge on any atom is -0.355 e. The molecule has 3 N–H and O–H groups in total. The van der Waals surface area contributed by atoms with Crippen molar-refractivity contribution in [1.29, 1.82) is 0 Å². The number of halogens is 4. The number of nitrogens with zero attached hydrogens (tertiary/aromatic N) is 2. The Bertz CT molecular complexity index is 689. The van der Waals surface area contributed by atoms with Gasteiger partial charge in [0, 0.05) is 24.5 Å². The van der Waals surface area contributed by atoms with Gasteiger partial charge in [-0.2, -0.15) is 13.2 Å². The largest absolute Gasteiger partial charge is 0.434 e. The molecule has 0 spiro atoms. The summed E-state index contributed by atoms with van der Waals surface area (Å²) in [6.45, 7) is 3.67. The number of hydrogen-bond donors (Lipinski definition) is 3. The maximum Gasteiger partial charge on any atom is 0.434 e. The molecule has 0 atom stereocenters. The van der Waals surface area contributed by atoms with Gasteiger partial charge < -0.3 is 10.6 Å². The summed E-state index contributed by atoms with van der Waals surface area (Å²) in [5.74, 6) is 0.321. The van der Waals surface area contributed by atoms with Gasteiger partial charge in [-0.05, 0) is 13.8 Å². The molecule has 7 nitrogen and oxygen atoms in total. The molecule has 146 valence electrons. The molecule has 1 aromatic heterocycles. The third kappa shape index (κ3) is 9.55. The van der Waals surface area contributed by atoms with Crippen LogP contribution < -0.4 is 15.4 Å². The van der Waals surface area contributed by atoms with Crippen molar-refractivity contribution < 1.29 is 21.6 Å². The number of aliphatic imine (C=N–C) groups is 1. The second-order valence-electron chi connectivity index (χ2n) is 5.66. The fourth-order valence-electron chi connectivity index (χ4n) is 1.74. The van der Waals surface area contributed by atoms with Crippen molar-refractivity contribution in [1.82, 2.24) is 20.3 Å². The second kappa shape index (κ2) is 9.32. The first kappa shape index (κ1) is 24.3. The molecular weight excluding hydrogens is 494 g/mol. The normalized spacial score (nSPS) is 13.3. The monoisotopic (exact) mass is 515 g/mol. The molecule has 0 saturated heterocycles. The van der Waals surface area contributed by atoms with Gasteiger partial charge in [-0.1, -0.05) is 0 Å². The van der Waals surface area contributed by atoms with Crippen LogP contribution in [0.1, 0.15) is 24.5 Å². The van der Waals surface area contributed by atoms with Crippen LogP contribution in [-0.4, -0.2) is 44.7 Å². The number of alkyl halides is 3. The summed E-state index contributed by atoms with van der Waals surface area (Å²) < 4.78 is 62.5. The van der Waals surface area contributed by atoms with Gasteiger partial charge in [0.25, 0.3) is 0 Å². The number of aromatic nitrogens is 1. The standard InChI is InChI=1S/C12H20F3N5O2S2.HI/c1-11(2,20-24(4,21)22)7-18-10(16-3)17-5-9-19-8(6-23-9)12(13,14)15;/h6,20H,5,7H2,1-4H3,(H2,16,17,18);1H. The molecule has 0 aromatic carbocycles. The fraction of sp³-hybridized carbons (Fsp3) is 0.667. The van der Waals surface area contributed by atoms with E-state index in [1.54, 1.807) is 13.8 Å². The lowest BCUT2D eigenvalue weighted by molar-refractivity contribution is -0.140. The molecule has 25 heavy (non-hydrogen) atoms. The molecule has 1 rings (SSSR count). The predicted octanol–water partition coefficient (Wildman–Crippen LogP) is 1.77. The molecule has 1 heterocycles. The van der Waals surface area contributed by atoms with E-state index in [9.17, 15) is 21.6 Å². The van der Waals surface area contributed by atoms with Gasteiger partial charge in [-0.3, -0.25) is 4.99 Å². The molecule has 0 aliphatic carbocycles. The first-order valence-electron chi connectivity index (χ1n) is 6.77. The number of guanidine groups is 1. The van der Waals surface area contributed by atoms with E-state index < -0.39 is 27.4 Å². The lowest BCUT2D eigenvalue weighted by atomic mass is 10.1. The van der Waals surface area contributed by atoms with E-state index in [0.29, 0.717) is 5.96 Å². The zero-order chi connectivity index (χ0) is 18.6. The van der Waals surface area contributed by atoms with Crippen LogP contribution >= 0.6 is 35.3 Å². The molecule has 1 aromatic rings. The third-order valence-corrected chi connectivity index (χ3v) is 4.40. The molecule has 13 heteroatoms. The van der Waals surface area contributed by atoms with Crippen LogP contribution in [0.5, 0.6) is 0 Å². The Morgan fingerprint density at radius 1 is 1.32 bits per heavy atom. The van der Waals surface area contributed by atoms with Crippen molar-refractivity contribution >= 4 is 51.3 Å². The van der Waals surface area contributed by atoms with Gasteiger partial charge >= 0.3 is 6.18 Å². The van der Waals surface area contributed by atoms with Crippen molar-refractivity contribution in [3.05, 3.63) is 16.1 Å². The quantitative estimate of drug-likeness (QED) is 0.305. The maximum atomic E-state index is 12.5. The first-order valence-corrected chi connectivity index (χ1v) is 9.54. The van der Waals surface area contributed by atoms with E-state index in [2.05, 4.69) is 25.3 Å². The van der Waals surface area contributed by atoms with Crippen molar-refractivity contribution in [3.8, 4) is 0 Å². The van der Waals surface area contributed by atoms with Gasteiger partial charge in [0.15, 0.2) is 11.7 Å². The summed E-state index contributed by atoms with van der Waals surface area (Å²) in [6, 6.07) is 0. The molecule has 0 bridgehead atoms. The van der Waals surface area contributed by atoms with Crippen LogP contribution in [-0.2, 0) is 22.7 Å². The highest BCUT2D eigenvalue weighted by Gasteiger charge is 2.33. The van der Waals surface area contributed by atoms with Gasteiger partial charge in [-0.25, -0.2) is 18.1 Å². The molecule has 0 aliphatic heterocycles. The SMILES string of the molecule is CN=C(NCc1nc(C(F)(F)F)cs1)NCC(C)(C)NS(C)(=O)=O.I. The average Bonchev–Trinajstić information content (AvgIpc) is 2.84. The second-order valence-corrected chi connectivity index (χ2v) is 8.35. The smallest absolute Gasteiger partial charge is 0.355 e. The Labute approximate surface area is 166 Å². The van der Waals surface area contributed by atoms with E-state index in [0.717, 1.165) is 23.0 Å². The van der Waals surface area contributed by atoms with Crippen LogP contribution in [0.4, 0.5) is 13.2 Å². The predicted molar refractivity (Wildman–Crippen MR) is 103 cm³/mol. The maximum absolute atomic E-state index is 12.5. The summed E-state index contributed by atoms with van der Waals surface area (Å²) in [4.78, 5) is 7.43. The van der Waals surface area contributed by atoms with Crippen LogP contribution in [0.2, 0.25) is 0 Å². The number of rotatable bonds is 6. The molecular formula is C12H21F3IN5O2S2. The highest BCUT2D eigenvalue weighted by molar-refractivity contribution is 14.0. The van der Waals surface area contributed by atoms with Gasteiger partial charge in [0.1, 0.15) is 5.01 Å². The average molecular weight is 515 g/mol.